The smallest absolute Gasteiger partial charge is 0.131 e. The molecular formula is C42H82N2S3. The third kappa shape index (κ3) is 34.5. The van der Waals surface area contributed by atoms with Crippen LogP contribution in [-0.4, -0.2) is 21.7 Å². The average molecular weight is 711 g/mol. The minimum absolute atomic E-state index is 1.18. The third-order valence-corrected chi connectivity index (χ3v) is 13.2. The van der Waals surface area contributed by atoms with Gasteiger partial charge in [-0.25, -0.2) is 0 Å². The second kappa shape index (κ2) is 39.1. The fourth-order valence-corrected chi connectivity index (χ4v) is 9.80. The van der Waals surface area contributed by atoms with E-state index in [1.165, 1.54) is 251 Å². The molecule has 1 heterocycles. The van der Waals surface area contributed by atoms with Gasteiger partial charge in [0, 0.05) is 11.5 Å². The van der Waals surface area contributed by atoms with Gasteiger partial charge in [0.25, 0.3) is 0 Å². The number of hydrogen-bond donors (Lipinski definition) is 0. The quantitative estimate of drug-likeness (QED) is 0.0500. The lowest BCUT2D eigenvalue weighted by Gasteiger charge is -2.04. The number of unbranched alkanes of at least 4 members (excludes halogenated alkanes) is 34. The van der Waals surface area contributed by atoms with Crippen LogP contribution in [0.1, 0.15) is 245 Å². The molecule has 47 heavy (non-hydrogen) atoms. The molecule has 0 radical (unpaired) electrons. The number of thioether (sulfide) groups is 2. The van der Waals surface area contributed by atoms with Crippen LogP contribution in [0.2, 0.25) is 0 Å². The van der Waals surface area contributed by atoms with Gasteiger partial charge >= 0.3 is 0 Å². The zero-order valence-electron chi connectivity index (χ0n) is 32.0. The summed E-state index contributed by atoms with van der Waals surface area (Å²) in [7, 11) is 0. The van der Waals surface area contributed by atoms with Crippen molar-refractivity contribution in [3.63, 3.8) is 0 Å². The lowest BCUT2D eigenvalue weighted by molar-refractivity contribution is 0.526. The molecule has 1 aromatic rings. The molecule has 0 N–H and O–H groups in total. The van der Waals surface area contributed by atoms with Crippen molar-refractivity contribution in [2.75, 3.05) is 11.5 Å². The van der Waals surface area contributed by atoms with Gasteiger partial charge in [0.2, 0.25) is 0 Å². The standard InChI is InChI=1S/C42H82N2S3/c1-3-5-7-9-11-13-15-17-19-21-23-25-27-29-31-33-35-37-39-45-41-43-44-42(47-41)46-40-38-36-34-32-30-28-26-24-22-20-18-16-14-12-10-8-6-4-2/h3-40H2,1-2H3. The molecule has 0 aliphatic heterocycles. The molecule has 0 saturated carbocycles. The first kappa shape index (κ1) is 45.3. The summed E-state index contributed by atoms with van der Waals surface area (Å²) in [6, 6.07) is 0. The van der Waals surface area contributed by atoms with E-state index in [9.17, 15) is 0 Å². The van der Waals surface area contributed by atoms with E-state index in [2.05, 4.69) is 24.0 Å². The Labute approximate surface area is 308 Å². The summed E-state index contributed by atoms with van der Waals surface area (Å²) in [5.74, 6) is 2.41. The van der Waals surface area contributed by atoms with Crippen LogP contribution in [0, 0.1) is 0 Å². The van der Waals surface area contributed by atoms with E-state index in [0.717, 1.165) is 0 Å². The molecule has 0 aromatic carbocycles. The molecule has 0 aliphatic carbocycles. The van der Waals surface area contributed by atoms with Gasteiger partial charge in [-0.2, -0.15) is 0 Å². The Morgan fingerprint density at radius 2 is 0.489 bits per heavy atom. The van der Waals surface area contributed by atoms with Crippen LogP contribution >= 0.6 is 34.9 Å². The van der Waals surface area contributed by atoms with E-state index in [1.54, 1.807) is 0 Å². The van der Waals surface area contributed by atoms with Gasteiger partial charge in [-0.1, -0.05) is 267 Å². The van der Waals surface area contributed by atoms with Crippen molar-refractivity contribution in [2.45, 2.75) is 254 Å². The van der Waals surface area contributed by atoms with Crippen molar-refractivity contribution in [1.82, 2.24) is 10.2 Å². The molecule has 1 rings (SSSR count). The van der Waals surface area contributed by atoms with Crippen LogP contribution in [0.4, 0.5) is 0 Å². The normalized spacial score (nSPS) is 11.6. The lowest BCUT2D eigenvalue weighted by Crippen LogP contribution is -1.85. The van der Waals surface area contributed by atoms with Crippen molar-refractivity contribution < 1.29 is 0 Å². The van der Waals surface area contributed by atoms with E-state index in [1.807, 2.05) is 34.9 Å². The molecular weight excluding hydrogens is 629 g/mol. The Bertz CT molecular complexity index is 653. The molecule has 2 nitrogen and oxygen atoms in total. The van der Waals surface area contributed by atoms with E-state index in [4.69, 9.17) is 0 Å². The van der Waals surface area contributed by atoms with Crippen molar-refractivity contribution in [1.29, 1.82) is 0 Å². The molecule has 0 atom stereocenters. The molecule has 0 unspecified atom stereocenters. The predicted octanol–water partition coefficient (Wildman–Crippen LogP) is 16.8. The van der Waals surface area contributed by atoms with Gasteiger partial charge in [-0.05, 0) is 12.8 Å². The first-order chi connectivity index (χ1) is 23.4. The van der Waals surface area contributed by atoms with Crippen molar-refractivity contribution >= 4 is 34.9 Å². The molecule has 278 valence electrons. The maximum absolute atomic E-state index is 4.44. The minimum Gasteiger partial charge on any atom is -0.131 e. The summed E-state index contributed by atoms with van der Waals surface area (Å²) in [4.78, 5) is 0. The predicted molar refractivity (Wildman–Crippen MR) is 219 cm³/mol. The maximum Gasteiger partial charge on any atom is 0.175 e. The Balaban J connectivity index is 1.75. The van der Waals surface area contributed by atoms with Crippen molar-refractivity contribution in [2.24, 2.45) is 0 Å². The molecule has 0 amide bonds. The Kier molecular flexibility index (Phi) is 37.6. The van der Waals surface area contributed by atoms with E-state index >= 15 is 0 Å². The molecule has 0 spiro atoms. The van der Waals surface area contributed by atoms with Crippen LogP contribution in [0.5, 0.6) is 0 Å². The molecule has 0 bridgehead atoms. The van der Waals surface area contributed by atoms with E-state index in [0.29, 0.717) is 0 Å². The highest BCUT2D eigenvalue weighted by atomic mass is 32.2. The summed E-state index contributed by atoms with van der Waals surface area (Å²) >= 11 is 5.67. The Morgan fingerprint density at radius 1 is 0.298 bits per heavy atom. The Morgan fingerprint density at radius 3 is 0.702 bits per heavy atom. The summed E-state index contributed by atoms with van der Waals surface area (Å²) < 4.78 is 2.36. The van der Waals surface area contributed by atoms with E-state index in [-0.39, 0.29) is 0 Å². The third-order valence-electron chi connectivity index (χ3n) is 9.83. The van der Waals surface area contributed by atoms with Crippen LogP contribution < -0.4 is 0 Å². The zero-order chi connectivity index (χ0) is 33.6. The van der Waals surface area contributed by atoms with E-state index < -0.39 is 0 Å². The number of aromatic nitrogens is 2. The molecule has 0 saturated heterocycles. The van der Waals surface area contributed by atoms with Gasteiger partial charge in [0.05, 0.1) is 0 Å². The first-order valence-corrected chi connectivity index (χ1v) is 24.2. The first-order valence-electron chi connectivity index (χ1n) is 21.5. The highest BCUT2D eigenvalue weighted by molar-refractivity contribution is 8.03. The molecule has 0 fully saturated rings. The number of hydrogen-bond acceptors (Lipinski definition) is 5. The topological polar surface area (TPSA) is 25.8 Å². The largest absolute Gasteiger partial charge is 0.175 e. The van der Waals surface area contributed by atoms with Gasteiger partial charge in [0.1, 0.15) is 0 Å². The molecule has 0 aliphatic rings. The summed E-state index contributed by atoms with van der Waals surface area (Å²) in [5, 5.41) is 8.89. The molecule has 1 aromatic heterocycles. The fourth-order valence-electron chi connectivity index (χ4n) is 6.64. The number of rotatable bonds is 40. The van der Waals surface area contributed by atoms with Crippen molar-refractivity contribution in [3.05, 3.63) is 0 Å². The summed E-state index contributed by atoms with van der Waals surface area (Å²) in [5.41, 5.74) is 0. The van der Waals surface area contributed by atoms with Gasteiger partial charge < -0.3 is 0 Å². The highest BCUT2D eigenvalue weighted by Gasteiger charge is 2.05. The summed E-state index contributed by atoms with van der Waals surface area (Å²) in [6.45, 7) is 4.61. The number of nitrogens with zero attached hydrogens (tertiary/aromatic N) is 2. The lowest BCUT2D eigenvalue weighted by atomic mass is 10.0. The fraction of sp³-hybridized carbons (Fsp3) is 0.952. The monoisotopic (exact) mass is 711 g/mol. The van der Waals surface area contributed by atoms with Gasteiger partial charge in [0.15, 0.2) is 8.68 Å². The maximum atomic E-state index is 4.44. The second-order valence-corrected chi connectivity index (χ2v) is 18.2. The molecule has 5 heteroatoms. The van der Waals surface area contributed by atoms with Gasteiger partial charge in [-0.15, -0.1) is 10.2 Å². The summed E-state index contributed by atoms with van der Waals surface area (Å²) in [6.07, 6.45) is 51.9. The SMILES string of the molecule is CCCCCCCCCCCCCCCCCCCCSc1nnc(SCCCCCCCCCCCCCCCCCCCC)s1. The van der Waals surface area contributed by atoms with Crippen LogP contribution in [0.25, 0.3) is 0 Å². The van der Waals surface area contributed by atoms with Gasteiger partial charge in [-0.3, -0.25) is 0 Å². The van der Waals surface area contributed by atoms with Crippen molar-refractivity contribution in [3.8, 4) is 0 Å². The van der Waals surface area contributed by atoms with Crippen LogP contribution in [0.3, 0.4) is 0 Å². The van der Waals surface area contributed by atoms with Crippen LogP contribution in [0.15, 0.2) is 8.68 Å². The van der Waals surface area contributed by atoms with Crippen LogP contribution in [-0.2, 0) is 0 Å². The average Bonchev–Trinajstić information content (AvgIpc) is 3.54. The second-order valence-electron chi connectivity index (χ2n) is 14.6. The minimum atomic E-state index is 1.18. The Hall–Kier alpha value is 0.260. The zero-order valence-corrected chi connectivity index (χ0v) is 34.4. The highest BCUT2D eigenvalue weighted by Crippen LogP contribution is 2.30.